The van der Waals surface area contributed by atoms with Gasteiger partial charge in [0.1, 0.15) is 17.7 Å². The van der Waals surface area contributed by atoms with Crippen molar-refractivity contribution in [2.45, 2.75) is 64.9 Å². The molecule has 0 heterocycles. The molecule has 1 unspecified atom stereocenters. The second-order valence-corrected chi connectivity index (χ2v) is 9.59. The van der Waals surface area contributed by atoms with E-state index in [0.29, 0.717) is 0 Å². The summed E-state index contributed by atoms with van der Waals surface area (Å²) >= 11 is 0. The number of alkyl carbamates (subject to hydrolysis) is 1. The van der Waals surface area contributed by atoms with Crippen LogP contribution in [0.2, 0.25) is 0 Å². The quantitative estimate of drug-likeness (QED) is 0.276. The molecule has 0 spiro atoms. The Balaban J connectivity index is 5.19. The molecule has 0 aromatic heterocycles. The number of nitrogens with zero attached hydrogens (tertiary/aromatic N) is 1. The smallest absolute Gasteiger partial charge is 0.444 e. The Bertz CT molecular complexity index is 587. The summed E-state index contributed by atoms with van der Waals surface area (Å²) in [5.74, 6) is -0.777. The van der Waals surface area contributed by atoms with Crippen LogP contribution >= 0.6 is 7.82 Å². The molecular weight excluding hydrogens is 411 g/mol. The minimum atomic E-state index is -4.68. The average Bonchev–Trinajstić information content (AvgIpc) is 2.52. The van der Waals surface area contributed by atoms with E-state index < -0.39 is 63.0 Å². The van der Waals surface area contributed by atoms with E-state index in [0.717, 1.165) is 5.06 Å². The second-order valence-electron chi connectivity index (χ2n) is 8.13. The first-order valence-electron chi connectivity index (χ1n) is 8.83. The Morgan fingerprint density at radius 2 is 1.59 bits per heavy atom. The van der Waals surface area contributed by atoms with Crippen molar-refractivity contribution in [2.24, 2.45) is 0 Å². The predicted molar refractivity (Wildman–Crippen MR) is 102 cm³/mol. The standard InChI is InChI=1S/C16H33N2O10P/c1-15(2,3)27-14(22)17-12(13(21)18(7)28-16(4,5)6)10-26-29(23,24)25-9-11(20)8-19/h11-12,19-20H,8-10H2,1-7H3,(H,17,22)(H,23,24)/t11-,12-/m1/s1. The monoisotopic (exact) mass is 444 g/mol. The van der Waals surface area contributed by atoms with E-state index in [4.69, 9.17) is 19.2 Å². The maximum Gasteiger partial charge on any atom is 0.472 e. The Hall–Kier alpha value is -1.27. The van der Waals surface area contributed by atoms with Crippen LogP contribution in [0.25, 0.3) is 0 Å². The number of ether oxygens (including phenoxy) is 1. The fourth-order valence-electron chi connectivity index (χ4n) is 1.74. The SMILES string of the molecule is CN(OC(C)(C)C)C(=O)[C@@H](COP(=O)(O)OC[C@H](O)CO)NC(=O)OC(C)(C)C. The first-order chi connectivity index (χ1) is 13.0. The minimum absolute atomic E-state index is 0.671. The molecule has 0 aliphatic rings. The van der Waals surface area contributed by atoms with Gasteiger partial charge in [-0.3, -0.25) is 18.7 Å². The van der Waals surface area contributed by atoms with Crippen LogP contribution in [0.3, 0.4) is 0 Å². The van der Waals surface area contributed by atoms with Crippen molar-refractivity contribution >= 4 is 19.8 Å². The second kappa shape index (κ2) is 11.2. The molecule has 0 fully saturated rings. The van der Waals surface area contributed by atoms with E-state index in [1.54, 1.807) is 41.5 Å². The van der Waals surface area contributed by atoms with Crippen LogP contribution in [0, 0.1) is 0 Å². The van der Waals surface area contributed by atoms with Crippen molar-refractivity contribution in [1.82, 2.24) is 10.4 Å². The van der Waals surface area contributed by atoms with Crippen molar-refractivity contribution < 1.29 is 47.9 Å². The molecule has 2 amide bonds. The first kappa shape index (κ1) is 27.7. The molecule has 0 saturated heterocycles. The third-order valence-electron chi connectivity index (χ3n) is 2.76. The average molecular weight is 444 g/mol. The Morgan fingerprint density at radius 3 is 2.03 bits per heavy atom. The van der Waals surface area contributed by atoms with Gasteiger partial charge in [-0.1, -0.05) is 0 Å². The largest absolute Gasteiger partial charge is 0.472 e. The van der Waals surface area contributed by atoms with E-state index >= 15 is 0 Å². The van der Waals surface area contributed by atoms with Gasteiger partial charge >= 0.3 is 13.9 Å². The van der Waals surface area contributed by atoms with Crippen molar-refractivity contribution in [3.63, 3.8) is 0 Å². The van der Waals surface area contributed by atoms with Crippen LogP contribution in [-0.2, 0) is 28.0 Å². The molecule has 29 heavy (non-hydrogen) atoms. The number of aliphatic hydroxyl groups excluding tert-OH is 2. The van der Waals surface area contributed by atoms with Crippen molar-refractivity contribution in [2.75, 3.05) is 26.9 Å². The Labute approximate surface area is 170 Å². The van der Waals surface area contributed by atoms with Crippen LogP contribution < -0.4 is 5.32 Å². The van der Waals surface area contributed by atoms with Gasteiger partial charge < -0.3 is 25.2 Å². The topological polar surface area (TPSA) is 164 Å². The van der Waals surface area contributed by atoms with Crippen molar-refractivity contribution in [3.05, 3.63) is 0 Å². The maximum absolute atomic E-state index is 12.6. The molecule has 0 aromatic rings. The predicted octanol–water partition coefficient (Wildman–Crippen LogP) is 0.555. The van der Waals surface area contributed by atoms with Gasteiger partial charge in [0.25, 0.3) is 5.91 Å². The Kier molecular flexibility index (Phi) is 10.7. The highest BCUT2D eigenvalue weighted by molar-refractivity contribution is 7.47. The normalized spacial score (nSPS) is 16.5. The summed E-state index contributed by atoms with van der Waals surface area (Å²) < 4.78 is 26.2. The molecule has 0 aromatic carbocycles. The van der Waals surface area contributed by atoms with E-state index in [2.05, 4.69) is 9.84 Å². The summed E-state index contributed by atoms with van der Waals surface area (Å²) in [6.45, 7) is 7.86. The molecule has 0 aliphatic carbocycles. The van der Waals surface area contributed by atoms with E-state index in [1.165, 1.54) is 7.05 Å². The lowest BCUT2D eigenvalue weighted by Crippen LogP contribution is -2.52. The summed E-state index contributed by atoms with van der Waals surface area (Å²) in [5, 5.41) is 21.0. The van der Waals surface area contributed by atoms with Gasteiger partial charge in [0.2, 0.25) is 0 Å². The summed E-state index contributed by atoms with van der Waals surface area (Å²) in [6, 6.07) is -1.44. The minimum Gasteiger partial charge on any atom is -0.444 e. The number of aliphatic hydroxyl groups is 2. The highest BCUT2D eigenvalue weighted by atomic mass is 31.2. The number of phosphoric acid groups is 1. The zero-order chi connectivity index (χ0) is 23.0. The van der Waals surface area contributed by atoms with Gasteiger partial charge in [-0.05, 0) is 41.5 Å². The lowest BCUT2D eigenvalue weighted by molar-refractivity contribution is -0.218. The summed E-state index contributed by atoms with van der Waals surface area (Å²) in [6.07, 6.45) is -2.34. The molecule has 0 rings (SSSR count). The zero-order valence-electron chi connectivity index (χ0n) is 17.9. The lowest BCUT2D eigenvalue weighted by Gasteiger charge is -2.30. The third kappa shape index (κ3) is 13.6. The van der Waals surface area contributed by atoms with Crippen LogP contribution in [-0.4, -0.2) is 82.4 Å². The van der Waals surface area contributed by atoms with Gasteiger partial charge in [0.15, 0.2) is 0 Å². The number of hydrogen-bond acceptors (Lipinski definition) is 9. The molecular formula is C16H33N2O10P. The number of hydroxylamine groups is 2. The molecule has 0 radical (unpaired) electrons. The van der Waals surface area contributed by atoms with Crippen LogP contribution in [0.4, 0.5) is 4.79 Å². The molecule has 0 saturated carbocycles. The van der Waals surface area contributed by atoms with E-state index in [-0.39, 0.29) is 0 Å². The fourth-order valence-corrected chi connectivity index (χ4v) is 2.51. The zero-order valence-corrected chi connectivity index (χ0v) is 18.8. The summed E-state index contributed by atoms with van der Waals surface area (Å²) in [4.78, 5) is 39.7. The molecule has 0 aliphatic heterocycles. The van der Waals surface area contributed by atoms with Gasteiger partial charge in [-0.15, -0.1) is 0 Å². The number of likely N-dealkylation sites (N-methyl/N-ethyl adjacent to an activating group) is 1. The van der Waals surface area contributed by atoms with Gasteiger partial charge in [0, 0.05) is 7.05 Å². The van der Waals surface area contributed by atoms with Gasteiger partial charge in [0.05, 0.1) is 25.4 Å². The van der Waals surface area contributed by atoms with Gasteiger partial charge in [-0.2, -0.15) is 0 Å². The van der Waals surface area contributed by atoms with E-state index in [1.807, 2.05) is 0 Å². The van der Waals surface area contributed by atoms with Gasteiger partial charge in [-0.25, -0.2) is 14.4 Å². The number of phosphoric ester groups is 1. The molecule has 12 nitrogen and oxygen atoms in total. The molecule has 4 N–H and O–H groups in total. The number of rotatable bonds is 10. The third-order valence-corrected chi connectivity index (χ3v) is 3.71. The highest BCUT2D eigenvalue weighted by Crippen LogP contribution is 2.43. The molecule has 172 valence electrons. The van der Waals surface area contributed by atoms with E-state index in [9.17, 15) is 24.2 Å². The number of hydrogen-bond donors (Lipinski definition) is 4. The van der Waals surface area contributed by atoms with Crippen molar-refractivity contribution in [3.8, 4) is 0 Å². The van der Waals surface area contributed by atoms with Crippen molar-refractivity contribution in [1.29, 1.82) is 0 Å². The first-order valence-corrected chi connectivity index (χ1v) is 10.3. The molecule has 0 bridgehead atoms. The number of carbonyl (C=O) groups is 2. The Morgan fingerprint density at radius 1 is 1.07 bits per heavy atom. The van der Waals surface area contributed by atoms with Crippen LogP contribution in [0.1, 0.15) is 41.5 Å². The lowest BCUT2D eigenvalue weighted by atomic mass is 10.2. The molecule has 13 heteroatoms. The van der Waals surface area contributed by atoms with Crippen LogP contribution in [0.15, 0.2) is 0 Å². The maximum atomic E-state index is 12.6. The summed E-state index contributed by atoms with van der Waals surface area (Å²) in [7, 11) is -3.37. The molecule has 3 atom stereocenters. The fraction of sp³-hybridized carbons (Fsp3) is 0.875. The van der Waals surface area contributed by atoms with Crippen LogP contribution in [0.5, 0.6) is 0 Å². The number of amides is 2. The number of carbonyl (C=O) groups excluding carboxylic acids is 2. The highest BCUT2D eigenvalue weighted by Gasteiger charge is 2.33. The number of nitrogens with one attached hydrogen (secondary N) is 1. The summed E-state index contributed by atoms with van der Waals surface area (Å²) in [5.41, 5.74) is -1.57.